The molecule has 0 fully saturated rings. The SMILES string of the molecule is CCCC(=O)OCC(CCCC(C)OO)(CCCC(C)OO)COCC(COC(=O)CCC)(COC(=O)CCC)COC(=O)CCC. The van der Waals surface area contributed by atoms with Crippen LogP contribution in [0.25, 0.3) is 0 Å². The van der Waals surface area contributed by atoms with Gasteiger partial charge in [0.2, 0.25) is 0 Å². The molecule has 0 saturated heterocycles. The summed E-state index contributed by atoms with van der Waals surface area (Å²) >= 11 is 0. The Labute approximate surface area is 281 Å². The van der Waals surface area contributed by atoms with Crippen molar-refractivity contribution >= 4 is 23.9 Å². The Balaban J connectivity index is 6.36. The highest BCUT2D eigenvalue weighted by Gasteiger charge is 2.39. The Morgan fingerprint density at radius 2 is 0.809 bits per heavy atom. The smallest absolute Gasteiger partial charge is 0.305 e. The molecule has 2 N–H and O–H groups in total. The fourth-order valence-corrected chi connectivity index (χ4v) is 4.86. The largest absolute Gasteiger partial charge is 0.465 e. The molecule has 0 heterocycles. The fourth-order valence-electron chi connectivity index (χ4n) is 4.86. The monoisotopic (exact) mass is 678 g/mol. The van der Waals surface area contributed by atoms with Crippen molar-refractivity contribution in [3.8, 4) is 0 Å². The number of hydrogen-bond donors (Lipinski definition) is 2. The van der Waals surface area contributed by atoms with Gasteiger partial charge in [0, 0.05) is 31.1 Å². The van der Waals surface area contributed by atoms with E-state index in [1.54, 1.807) is 13.8 Å². The highest BCUT2D eigenvalue weighted by Crippen LogP contribution is 2.34. The number of hydrogen-bond acceptors (Lipinski definition) is 13. The van der Waals surface area contributed by atoms with Crippen molar-refractivity contribution in [3.05, 3.63) is 0 Å². The summed E-state index contributed by atoms with van der Waals surface area (Å²) in [6.45, 7) is 10.4. The Kier molecular flexibility index (Phi) is 25.3. The van der Waals surface area contributed by atoms with Crippen molar-refractivity contribution in [2.24, 2.45) is 10.8 Å². The molecule has 0 spiro atoms. The van der Waals surface area contributed by atoms with Gasteiger partial charge in [0.1, 0.15) is 19.8 Å². The molecule has 0 aromatic heterocycles. The molecule has 0 aliphatic heterocycles. The van der Waals surface area contributed by atoms with Crippen LogP contribution in [-0.4, -0.2) is 86.2 Å². The van der Waals surface area contributed by atoms with E-state index in [9.17, 15) is 19.2 Å². The maximum atomic E-state index is 12.5. The summed E-state index contributed by atoms with van der Waals surface area (Å²) in [4.78, 5) is 58.6. The van der Waals surface area contributed by atoms with Gasteiger partial charge in [0.25, 0.3) is 0 Å². The molecule has 0 radical (unpaired) electrons. The zero-order valence-electron chi connectivity index (χ0n) is 29.7. The van der Waals surface area contributed by atoms with E-state index in [1.807, 2.05) is 27.7 Å². The molecule has 47 heavy (non-hydrogen) atoms. The van der Waals surface area contributed by atoms with Crippen LogP contribution in [-0.2, 0) is 52.6 Å². The number of rotatable bonds is 30. The summed E-state index contributed by atoms with van der Waals surface area (Å²) in [6, 6.07) is 0. The van der Waals surface area contributed by atoms with Crippen molar-refractivity contribution in [2.45, 2.75) is 144 Å². The minimum atomic E-state index is -1.20. The quantitative estimate of drug-likeness (QED) is 0.0368. The number of carbonyl (C=O) groups excluding carboxylic acids is 4. The molecule has 13 nitrogen and oxygen atoms in total. The van der Waals surface area contributed by atoms with E-state index < -0.39 is 40.9 Å². The fraction of sp³-hybridized carbons (Fsp3) is 0.882. The predicted molar refractivity (Wildman–Crippen MR) is 173 cm³/mol. The van der Waals surface area contributed by atoms with Crippen LogP contribution in [0.2, 0.25) is 0 Å². The highest BCUT2D eigenvalue weighted by molar-refractivity contribution is 5.70. The van der Waals surface area contributed by atoms with E-state index in [4.69, 9.17) is 34.2 Å². The maximum Gasteiger partial charge on any atom is 0.305 e. The average molecular weight is 679 g/mol. The Bertz CT molecular complexity index is 792. The minimum Gasteiger partial charge on any atom is -0.465 e. The van der Waals surface area contributed by atoms with Crippen molar-refractivity contribution < 1.29 is 63.2 Å². The van der Waals surface area contributed by atoms with Gasteiger partial charge in [-0.1, -0.05) is 27.7 Å². The number of esters is 4. The van der Waals surface area contributed by atoms with Gasteiger partial charge in [-0.3, -0.25) is 29.7 Å². The molecule has 0 rings (SSSR count). The van der Waals surface area contributed by atoms with E-state index in [2.05, 4.69) is 9.78 Å². The number of carbonyl (C=O) groups is 4. The first-order chi connectivity index (χ1) is 22.4. The van der Waals surface area contributed by atoms with E-state index in [0.717, 1.165) is 0 Å². The molecule has 0 aromatic carbocycles. The lowest BCUT2D eigenvalue weighted by Gasteiger charge is -2.37. The zero-order valence-corrected chi connectivity index (χ0v) is 29.7. The van der Waals surface area contributed by atoms with Crippen molar-refractivity contribution in [1.82, 2.24) is 0 Å². The standard InChI is InChI=1S/C34H62O13/c1-7-13-29(35)42-23-33(19-11-17-27(5)46-39,20-12-18-28(6)47-40)21-41-22-34(24-43-30(36)14-8-2,25-44-31(37)15-9-3)26-45-32(38)16-10-4/h27-28,39-40H,7-26H2,1-6H3. The molecular formula is C34H62O13. The van der Waals surface area contributed by atoms with E-state index in [0.29, 0.717) is 64.2 Å². The van der Waals surface area contributed by atoms with Crippen LogP contribution in [0.3, 0.4) is 0 Å². The maximum absolute atomic E-state index is 12.5. The van der Waals surface area contributed by atoms with Crippen LogP contribution < -0.4 is 0 Å². The summed E-state index contributed by atoms with van der Waals surface area (Å²) < 4.78 is 28.8. The lowest BCUT2D eigenvalue weighted by molar-refractivity contribution is -0.275. The molecule has 276 valence electrons. The summed E-state index contributed by atoms with van der Waals surface area (Å²) in [5, 5.41) is 18.2. The molecule has 2 unspecified atom stereocenters. The molecule has 13 heteroatoms. The highest BCUT2D eigenvalue weighted by atomic mass is 17.1. The van der Waals surface area contributed by atoms with Crippen molar-refractivity contribution in [2.75, 3.05) is 39.6 Å². The lowest BCUT2D eigenvalue weighted by Crippen LogP contribution is -2.45. The summed E-state index contributed by atoms with van der Waals surface area (Å²) in [7, 11) is 0. The summed E-state index contributed by atoms with van der Waals surface area (Å²) in [5.41, 5.74) is -1.88. The van der Waals surface area contributed by atoms with Crippen LogP contribution >= 0.6 is 0 Å². The third kappa shape index (κ3) is 21.3. The molecule has 0 amide bonds. The summed E-state index contributed by atoms with van der Waals surface area (Å²) in [6.07, 6.45) is 5.82. The van der Waals surface area contributed by atoms with Crippen LogP contribution in [0.1, 0.15) is 131 Å². The Morgan fingerprint density at radius 1 is 0.511 bits per heavy atom. The second-order valence-corrected chi connectivity index (χ2v) is 12.8. The average Bonchev–Trinajstić information content (AvgIpc) is 3.04. The Hall–Kier alpha value is -2.32. The van der Waals surface area contributed by atoms with Gasteiger partial charge in [0.05, 0.1) is 37.4 Å². The first-order valence-electron chi connectivity index (χ1n) is 17.2. The predicted octanol–water partition coefficient (Wildman–Crippen LogP) is 6.45. The van der Waals surface area contributed by atoms with Crippen molar-refractivity contribution in [1.29, 1.82) is 0 Å². The minimum absolute atomic E-state index is 0.0595. The second-order valence-electron chi connectivity index (χ2n) is 12.8. The second kappa shape index (κ2) is 26.6. The van der Waals surface area contributed by atoms with Gasteiger partial charge in [-0.2, -0.15) is 0 Å². The van der Waals surface area contributed by atoms with Gasteiger partial charge in [-0.05, 0) is 78.1 Å². The summed E-state index contributed by atoms with van der Waals surface area (Å²) in [5.74, 6) is -1.64. The lowest BCUT2D eigenvalue weighted by atomic mass is 9.79. The third-order valence-corrected chi connectivity index (χ3v) is 7.79. The van der Waals surface area contributed by atoms with E-state index >= 15 is 0 Å². The van der Waals surface area contributed by atoms with Gasteiger partial charge in [-0.25, -0.2) is 9.78 Å². The molecule has 0 saturated carbocycles. The van der Waals surface area contributed by atoms with Crippen LogP contribution in [0.4, 0.5) is 0 Å². The van der Waals surface area contributed by atoms with Gasteiger partial charge in [0.15, 0.2) is 0 Å². The van der Waals surface area contributed by atoms with E-state index in [-0.39, 0.29) is 71.3 Å². The van der Waals surface area contributed by atoms with E-state index in [1.165, 1.54) is 0 Å². The van der Waals surface area contributed by atoms with Gasteiger partial charge >= 0.3 is 23.9 Å². The van der Waals surface area contributed by atoms with Crippen LogP contribution in [0.5, 0.6) is 0 Å². The topological polar surface area (TPSA) is 173 Å². The normalized spacial score (nSPS) is 14.1. The molecule has 0 aliphatic carbocycles. The zero-order chi connectivity index (χ0) is 35.6. The molecule has 0 bridgehead atoms. The number of ether oxygens (including phenoxy) is 5. The third-order valence-electron chi connectivity index (χ3n) is 7.79. The Morgan fingerprint density at radius 3 is 1.11 bits per heavy atom. The van der Waals surface area contributed by atoms with Crippen LogP contribution in [0.15, 0.2) is 0 Å². The first-order valence-corrected chi connectivity index (χ1v) is 17.2. The molecule has 0 aromatic rings. The molecular weight excluding hydrogens is 616 g/mol. The van der Waals surface area contributed by atoms with Gasteiger partial charge in [-0.15, -0.1) is 0 Å². The van der Waals surface area contributed by atoms with Crippen molar-refractivity contribution in [3.63, 3.8) is 0 Å². The van der Waals surface area contributed by atoms with Gasteiger partial charge < -0.3 is 23.7 Å². The van der Waals surface area contributed by atoms with Crippen LogP contribution in [0, 0.1) is 10.8 Å². The first kappa shape index (κ1) is 44.7. The molecule has 0 aliphatic rings. The molecule has 2 atom stereocenters.